The smallest absolute Gasteiger partial charge is 0.175 e. The predicted octanol–water partition coefficient (Wildman–Crippen LogP) is 3.36. The first-order valence-electron chi connectivity index (χ1n) is 6.31. The molecule has 2 aromatic carbocycles. The second-order valence-electron chi connectivity index (χ2n) is 4.63. The summed E-state index contributed by atoms with van der Waals surface area (Å²) in [6, 6.07) is 12.1. The highest BCUT2D eigenvalue weighted by Gasteiger charge is 2.09. The summed E-state index contributed by atoms with van der Waals surface area (Å²) in [6.07, 6.45) is 1.18. The molecule has 2 rings (SSSR count). The Balaban J connectivity index is 2.24. The van der Waals surface area contributed by atoms with Crippen LogP contribution in [0.15, 0.2) is 51.8 Å². The number of nitrogens with one attached hydrogen (secondary N) is 1. The number of halogens is 1. The second kappa shape index (κ2) is 6.60. The minimum Gasteiger partial charge on any atom is -0.457 e. The molecular formula is C15H16BrNO3S. The van der Waals surface area contributed by atoms with Crippen molar-refractivity contribution in [2.24, 2.45) is 0 Å². The average molecular weight is 370 g/mol. The number of ether oxygens (including phenoxy) is 1. The molecule has 0 aliphatic heterocycles. The number of sulfone groups is 1. The van der Waals surface area contributed by atoms with E-state index in [9.17, 15) is 8.42 Å². The molecule has 0 aliphatic rings. The molecule has 2 aromatic rings. The molecule has 0 aromatic heterocycles. The highest BCUT2D eigenvalue weighted by Crippen LogP contribution is 2.28. The molecule has 6 heteroatoms. The maximum Gasteiger partial charge on any atom is 0.175 e. The zero-order valence-electron chi connectivity index (χ0n) is 11.8. The fourth-order valence-electron chi connectivity index (χ4n) is 1.83. The van der Waals surface area contributed by atoms with E-state index in [1.54, 1.807) is 18.2 Å². The molecule has 0 saturated heterocycles. The summed E-state index contributed by atoms with van der Waals surface area (Å²) in [5.74, 6) is 1.14. The molecule has 0 unspecified atom stereocenters. The first kappa shape index (κ1) is 16.0. The first-order chi connectivity index (χ1) is 9.90. The lowest BCUT2D eigenvalue weighted by atomic mass is 10.2. The van der Waals surface area contributed by atoms with Crippen molar-refractivity contribution in [3.05, 3.63) is 52.5 Å². The third-order valence-corrected chi connectivity index (χ3v) is 4.71. The van der Waals surface area contributed by atoms with Gasteiger partial charge in [-0.25, -0.2) is 8.42 Å². The molecule has 0 fully saturated rings. The van der Waals surface area contributed by atoms with E-state index in [0.717, 1.165) is 16.6 Å². The van der Waals surface area contributed by atoms with Crippen molar-refractivity contribution in [3.8, 4) is 11.5 Å². The molecule has 0 saturated carbocycles. The maximum absolute atomic E-state index is 11.5. The van der Waals surface area contributed by atoms with E-state index in [1.807, 2.05) is 25.2 Å². The molecule has 0 aliphatic carbocycles. The van der Waals surface area contributed by atoms with Gasteiger partial charge in [-0.05, 0) is 42.9 Å². The Hall–Kier alpha value is -1.37. The van der Waals surface area contributed by atoms with E-state index in [2.05, 4.69) is 21.2 Å². The van der Waals surface area contributed by atoms with Crippen molar-refractivity contribution in [2.45, 2.75) is 11.4 Å². The third-order valence-electron chi connectivity index (χ3n) is 2.86. The zero-order valence-corrected chi connectivity index (χ0v) is 14.2. The summed E-state index contributed by atoms with van der Waals surface area (Å²) in [6.45, 7) is 0.754. The largest absolute Gasteiger partial charge is 0.457 e. The standard InChI is InChI=1S/C15H16BrNO3S/c1-17-10-11-6-7-13(9-15(11)16)20-12-4-3-5-14(8-12)21(2,18)19/h3-9,17H,10H2,1-2H3. The van der Waals surface area contributed by atoms with Gasteiger partial charge < -0.3 is 10.1 Å². The summed E-state index contributed by atoms with van der Waals surface area (Å²) >= 11 is 3.49. The summed E-state index contributed by atoms with van der Waals surface area (Å²) in [5.41, 5.74) is 1.12. The van der Waals surface area contributed by atoms with Crippen molar-refractivity contribution in [1.29, 1.82) is 0 Å². The van der Waals surface area contributed by atoms with Crippen LogP contribution in [0.25, 0.3) is 0 Å². The van der Waals surface area contributed by atoms with E-state index in [1.165, 1.54) is 12.3 Å². The van der Waals surface area contributed by atoms with Crippen molar-refractivity contribution < 1.29 is 13.2 Å². The second-order valence-corrected chi connectivity index (χ2v) is 7.50. The van der Waals surface area contributed by atoms with Crippen molar-refractivity contribution in [1.82, 2.24) is 5.32 Å². The average Bonchev–Trinajstić information content (AvgIpc) is 2.41. The molecule has 1 N–H and O–H groups in total. The molecule has 0 radical (unpaired) electrons. The highest BCUT2D eigenvalue weighted by atomic mass is 79.9. The highest BCUT2D eigenvalue weighted by molar-refractivity contribution is 9.10. The predicted molar refractivity (Wildman–Crippen MR) is 86.5 cm³/mol. The van der Waals surface area contributed by atoms with Gasteiger partial charge in [0.25, 0.3) is 0 Å². The van der Waals surface area contributed by atoms with Crippen molar-refractivity contribution >= 4 is 25.8 Å². The van der Waals surface area contributed by atoms with E-state index in [0.29, 0.717) is 11.5 Å². The van der Waals surface area contributed by atoms with Crippen LogP contribution in [-0.2, 0) is 16.4 Å². The van der Waals surface area contributed by atoms with Gasteiger partial charge in [-0.3, -0.25) is 0 Å². The van der Waals surface area contributed by atoms with Gasteiger partial charge in [0.15, 0.2) is 9.84 Å². The van der Waals surface area contributed by atoms with Gasteiger partial charge in [-0.2, -0.15) is 0 Å². The van der Waals surface area contributed by atoms with Gasteiger partial charge in [0.2, 0.25) is 0 Å². The Morgan fingerprint density at radius 3 is 2.48 bits per heavy atom. The van der Waals surface area contributed by atoms with Gasteiger partial charge >= 0.3 is 0 Å². The van der Waals surface area contributed by atoms with Crippen molar-refractivity contribution in [2.75, 3.05) is 13.3 Å². The van der Waals surface area contributed by atoms with Crippen LogP contribution >= 0.6 is 15.9 Å². The van der Waals surface area contributed by atoms with Gasteiger partial charge in [0, 0.05) is 17.3 Å². The maximum atomic E-state index is 11.5. The first-order valence-corrected chi connectivity index (χ1v) is 8.99. The topological polar surface area (TPSA) is 55.4 Å². The lowest BCUT2D eigenvalue weighted by Gasteiger charge is -2.09. The summed E-state index contributed by atoms with van der Waals surface area (Å²) < 4.78 is 29.7. The SMILES string of the molecule is CNCc1ccc(Oc2cccc(S(C)(=O)=O)c2)cc1Br. The molecule has 4 nitrogen and oxygen atoms in total. The van der Waals surface area contributed by atoms with Gasteiger partial charge in [0.05, 0.1) is 4.90 Å². The normalized spacial score (nSPS) is 11.4. The molecule has 0 spiro atoms. The number of rotatable bonds is 5. The Morgan fingerprint density at radius 2 is 1.86 bits per heavy atom. The van der Waals surface area contributed by atoms with E-state index >= 15 is 0 Å². The summed E-state index contributed by atoms with van der Waals surface area (Å²) in [7, 11) is -1.35. The molecule has 112 valence electrons. The zero-order chi connectivity index (χ0) is 15.5. The van der Waals surface area contributed by atoms with Gasteiger partial charge in [-0.15, -0.1) is 0 Å². The van der Waals surface area contributed by atoms with Crippen LogP contribution < -0.4 is 10.1 Å². The minimum absolute atomic E-state index is 0.242. The quantitative estimate of drug-likeness (QED) is 0.877. The van der Waals surface area contributed by atoms with Crippen LogP contribution in [0, 0.1) is 0 Å². The van der Waals surface area contributed by atoms with E-state index in [-0.39, 0.29) is 4.90 Å². The Bertz CT molecular complexity index is 744. The molecule has 21 heavy (non-hydrogen) atoms. The van der Waals surface area contributed by atoms with Crippen LogP contribution in [0.3, 0.4) is 0 Å². The third kappa shape index (κ3) is 4.30. The van der Waals surface area contributed by atoms with Gasteiger partial charge in [0.1, 0.15) is 11.5 Å². The van der Waals surface area contributed by atoms with Crippen LogP contribution in [0.5, 0.6) is 11.5 Å². The minimum atomic E-state index is -3.24. The van der Waals surface area contributed by atoms with E-state index in [4.69, 9.17) is 4.74 Å². The molecule has 0 heterocycles. The van der Waals surface area contributed by atoms with Crippen LogP contribution in [-0.4, -0.2) is 21.7 Å². The Labute approximate surface area is 133 Å². The van der Waals surface area contributed by atoms with Crippen LogP contribution in [0.1, 0.15) is 5.56 Å². The van der Waals surface area contributed by atoms with Crippen LogP contribution in [0.4, 0.5) is 0 Å². The molecule has 0 atom stereocenters. The Kier molecular flexibility index (Phi) is 5.03. The fraction of sp³-hybridized carbons (Fsp3) is 0.200. The molecular weight excluding hydrogens is 354 g/mol. The van der Waals surface area contributed by atoms with Crippen LogP contribution in [0.2, 0.25) is 0 Å². The lowest BCUT2D eigenvalue weighted by molar-refractivity contribution is 0.480. The summed E-state index contributed by atoms with van der Waals surface area (Å²) in [4.78, 5) is 0.242. The number of hydrogen-bond donors (Lipinski definition) is 1. The lowest BCUT2D eigenvalue weighted by Crippen LogP contribution is -2.05. The number of benzene rings is 2. The summed E-state index contributed by atoms with van der Waals surface area (Å²) in [5, 5.41) is 3.08. The molecule has 0 amide bonds. The Morgan fingerprint density at radius 1 is 1.14 bits per heavy atom. The van der Waals surface area contributed by atoms with Gasteiger partial charge in [-0.1, -0.05) is 28.1 Å². The number of hydrogen-bond acceptors (Lipinski definition) is 4. The monoisotopic (exact) mass is 369 g/mol. The van der Waals surface area contributed by atoms with E-state index < -0.39 is 9.84 Å². The molecule has 0 bridgehead atoms. The fourth-order valence-corrected chi connectivity index (χ4v) is 2.98. The van der Waals surface area contributed by atoms with Crippen molar-refractivity contribution in [3.63, 3.8) is 0 Å².